The van der Waals surface area contributed by atoms with Gasteiger partial charge in [0.2, 0.25) is 0 Å². The van der Waals surface area contributed by atoms with Gasteiger partial charge in [-0.05, 0) is 126 Å². The summed E-state index contributed by atoms with van der Waals surface area (Å²) in [6, 6.07) is 63.9. The average Bonchev–Trinajstić information content (AvgIpc) is 3.77. The predicted molar refractivity (Wildman–Crippen MR) is 252 cm³/mol. The van der Waals surface area contributed by atoms with Crippen molar-refractivity contribution in [3.63, 3.8) is 0 Å². The number of allylic oxidation sites excluding steroid dienone is 6. The first-order valence-electron chi connectivity index (χ1n) is 20.8. The second-order valence-corrected chi connectivity index (χ2v) is 15.8. The molecule has 0 bridgehead atoms. The van der Waals surface area contributed by atoms with Crippen LogP contribution in [0.2, 0.25) is 0 Å². The Hall–Kier alpha value is -7.16. The number of rotatable bonds is 9. The minimum absolute atomic E-state index is 0.924. The maximum atomic E-state index is 4.54. The van der Waals surface area contributed by atoms with Crippen LogP contribution in [-0.4, -0.2) is 9.13 Å². The van der Waals surface area contributed by atoms with Crippen molar-refractivity contribution < 1.29 is 0 Å². The fourth-order valence-corrected chi connectivity index (χ4v) is 9.13. The zero-order valence-electron chi connectivity index (χ0n) is 33.5. The Labute approximate surface area is 346 Å². The summed E-state index contributed by atoms with van der Waals surface area (Å²) in [5, 5.41) is 5.81. The van der Waals surface area contributed by atoms with Gasteiger partial charge in [-0.3, -0.25) is 0 Å². The molecule has 59 heavy (non-hydrogen) atoms. The molecule has 2 heterocycles. The number of hydrogen-bond acceptors (Lipinski definition) is 0. The van der Waals surface area contributed by atoms with Crippen molar-refractivity contribution in [1.29, 1.82) is 0 Å². The van der Waals surface area contributed by atoms with Crippen LogP contribution in [-0.2, 0) is 12.8 Å². The Morgan fingerprint density at radius 2 is 1.24 bits per heavy atom. The Kier molecular flexibility index (Phi) is 9.60. The summed E-state index contributed by atoms with van der Waals surface area (Å²) >= 11 is 0. The molecule has 0 unspecified atom stereocenters. The molecule has 1 aliphatic carbocycles. The smallest absolute Gasteiger partial charge is 0.0541 e. The molecule has 9 aromatic rings. The van der Waals surface area contributed by atoms with E-state index >= 15 is 0 Å². The van der Waals surface area contributed by atoms with Crippen molar-refractivity contribution in [3.8, 4) is 11.4 Å². The number of para-hydroxylation sites is 3. The van der Waals surface area contributed by atoms with Crippen molar-refractivity contribution in [2.45, 2.75) is 32.6 Å². The monoisotopic (exact) mass is 758 g/mol. The maximum Gasteiger partial charge on any atom is 0.0541 e. The third-order valence-electron chi connectivity index (χ3n) is 12.1. The van der Waals surface area contributed by atoms with E-state index in [-0.39, 0.29) is 0 Å². The number of hydrogen-bond donors (Lipinski definition) is 0. The van der Waals surface area contributed by atoms with Gasteiger partial charge in [0.05, 0.1) is 21.9 Å². The lowest BCUT2D eigenvalue weighted by molar-refractivity contribution is 0.915. The molecule has 10 rings (SSSR count). The normalized spacial score (nSPS) is 13.6. The topological polar surface area (TPSA) is 9.86 Å². The van der Waals surface area contributed by atoms with Crippen LogP contribution in [0.3, 0.4) is 0 Å². The van der Waals surface area contributed by atoms with Gasteiger partial charge in [-0.2, -0.15) is 0 Å². The molecule has 0 saturated heterocycles. The molecule has 0 saturated carbocycles. The third-order valence-corrected chi connectivity index (χ3v) is 12.1. The number of fused-ring (bicyclic) bond motifs is 4. The van der Waals surface area contributed by atoms with E-state index in [0.29, 0.717) is 0 Å². The summed E-state index contributed by atoms with van der Waals surface area (Å²) < 4.78 is 4.77. The molecule has 2 aromatic heterocycles. The van der Waals surface area contributed by atoms with E-state index in [0.717, 1.165) is 47.5 Å². The van der Waals surface area contributed by atoms with E-state index < -0.39 is 0 Å². The molecule has 0 radical (unpaired) electrons. The van der Waals surface area contributed by atoms with Gasteiger partial charge in [0.15, 0.2) is 0 Å². The van der Waals surface area contributed by atoms with Gasteiger partial charge in [-0.1, -0.05) is 158 Å². The number of aromatic nitrogens is 2. The molecular weight excluding hydrogens is 713 g/mol. The average molecular weight is 759 g/mol. The highest BCUT2D eigenvalue weighted by Gasteiger charge is 2.17. The van der Waals surface area contributed by atoms with Crippen LogP contribution >= 0.6 is 0 Å². The van der Waals surface area contributed by atoms with Crippen LogP contribution in [0, 0.1) is 0 Å². The molecule has 0 atom stereocenters. The van der Waals surface area contributed by atoms with E-state index in [4.69, 9.17) is 0 Å². The highest BCUT2D eigenvalue weighted by atomic mass is 15.0. The zero-order valence-corrected chi connectivity index (χ0v) is 33.5. The van der Waals surface area contributed by atoms with Crippen LogP contribution in [0.15, 0.2) is 200 Å². The van der Waals surface area contributed by atoms with Gasteiger partial charge in [0.1, 0.15) is 0 Å². The highest BCUT2D eigenvalue weighted by Crippen LogP contribution is 2.36. The number of nitrogens with zero attached hydrogens (tertiary/aromatic N) is 2. The van der Waals surface area contributed by atoms with Gasteiger partial charge in [-0.15, -0.1) is 0 Å². The summed E-state index contributed by atoms with van der Waals surface area (Å²) in [6.07, 6.45) is 13.2. The molecule has 0 amide bonds. The molecule has 1 aliphatic rings. The van der Waals surface area contributed by atoms with Crippen molar-refractivity contribution in [3.05, 3.63) is 238 Å². The predicted octanol–water partition coefficient (Wildman–Crippen LogP) is 13.0. The van der Waals surface area contributed by atoms with E-state index in [9.17, 15) is 0 Å². The van der Waals surface area contributed by atoms with Gasteiger partial charge in [0.25, 0.3) is 0 Å². The van der Waals surface area contributed by atoms with Crippen molar-refractivity contribution in [1.82, 2.24) is 9.13 Å². The number of benzene rings is 7. The minimum atomic E-state index is 0.924. The molecule has 2 heteroatoms. The van der Waals surface area contributed by atoms with E-state index in [1.54, 1.807) is 0 Å². The summed E-state index contributed by atoms with van der Waals surface area (Å²) in [5.74, 6) is 0. The lowest BCUT2D eigenvalue weighted by atomic mass is 9.85. The molecule has 0 fully saturated rings. The molecular formula is C57H46N2. The second-order valence-electron chi connectivity index (χ2n) is 15.8. The fourth-order valence-electron chi connectivity index (χ4n) is 9.13. The van der Waals surface area contributed by atoms with Gasteiger partial charge in [0, 0.05) is 32.8 Å². The van der Waals surface area contributed by atoms with E-state index in [2.05, 4.69) is 223 Å². The first kappa shape index (κ1) is 36.2. The largest absolute Gasteiger partial charge is 0.309 e. The fraction of sp³-hybridized carbons (Fsp3) is 0.0877. The van der Waals surface area contributed by atoms with Crippen molar-refractivity contribution >= 4 is 56.5 Å². The SMILES string of the molecule is C=c1/c(=C\C=C(/C)c2ccc3c(c2)c2ccccc2n3-c2cccc(CC3=C(c4ccccc4Cc4ccccc4)C=CCC3)c2)n(-c2ccccc2)c2ccccc12. The lowest BCUT2D eigenvalue weighted by Gasteiger charge is -2.20. The molecule has 7 aromatic carbocycles. The van der Waals surface area contributed by atoms with Crippen LogP contribution in [0.1, 0.15) is 47.6 Å². The lowest BCUT2D eigenvalue weighted by Crippen LogP contribution is -2.26. The molecule has 2 nitrogen and oxygen atoms in total. The summed E-state index contributed by atoms with van der Waals surface area (Å²) in [5.41, 5.74) is 16.6. The van der Waals surface area contributed by atoms with E-state index in [1.807, 2.05) is 0 Å². The molecule has 0 spiro atoms. The van der Waals surface area contributed by atoms with Crippen molar-refractivity contribution in [2.24, 2.45) is 0 Å². The first-order valence-corrected chi connectivity index (χ1v) is 20.8. The highest BCUT2D eigenvalue weighted by molar-refractivity contribution is 6.10. The van der Waals surface area contributed by atoms with Crippen LogP contribution in [0.25, 0.3) is 67.9 Å². The van der Waals surface area contributed by atoms with E-state index in [1.165, 1.54) is 77.4 Å². The van der Waals surface area contributed by atoms with Crippen LogP contribution < -0.4 is 10.6 Å². The van der Waals surface area contributed by atoms with Gasteiger partial charge < -0.3 is 9.13 Å². The minimum Gasteiger partial charge on any atom is -0.309 e. The van der Waals surface area contributed by atoms with Crippen LogP contribution in [0.5, 0.6) is 0 Å². The van der Waals surface area contributed by atoms with Crippen LogP contribution in [0.4, 0.5) is 0 Å². The molecule has 0 N–H and O–H groups in total. The second kappa shape index (κ2) is 15.6. The Balaban J connectivity index is 1.02. The summed E-state index contributed by atoms with van der Waals surface area (Å²) in [6.45, 7) is 6.75. The standard InChI is InChI=1S/C57H46N2/c1-40(32-34-54-41(2)49-26-13-15-30-55(49)58(54)47-23-7-4-8-24-47)44-33-35-57-53(39-44)52-29-14-16-31-56(52)59(57)48-25-17-20-43(38-48)37-46-22-10-12-28-51(46)50-27-11-9-21-45(50)36-42-18-5-3-6-19-42/h3-9,11-21,23-35,38-39H,2,10,22,36-37H2,1H3/b40-32+,54-34+. The summed E-state index contributed by atoms with van der Waals surface area (Å²) in [7, 11) is 0. The molecule has 0 aliphatic heterocycles. The Morgan fingerprint density at radius 1 is 0.576 bits per heavy atom. The zero-order chi connectivity index (χ0) is 39.7. The first-order chi connectivity index (χ1) is 29.1. The quantitative estimate of drug-likeness (QED) is 0.139. The molecule has 284 valence electrons. The summed E-state index contributed by atoms with van der Waals surface area (Å²) in [4.78, 5) is 0. The Morgan fingerprint density at radius 3 is 2.07 bits per heavy atom. The Bertz CT molecular complexity index is 3220. The van der Waals surface area contributed by atoms with Crippen molar-refractivity contribution in [2.75, 3.05) is 0 Å². The third kappa shape index (κ3) is 6.87. The van der Waals surface area contributed by atoms with Gasteiger partial charge >= 0.3 is 0 Å². The van der Waals surface area contributed by atoms with Gasteiger partial charge in [-0.25, -0.2) is 0 Å². The maximum absolute atomic E-state index is 4.54.